The van der Waals surface area contributed by atoms with E-state index in [4.69, 9.17) is 0 Å². The van der Waals surface area contributed by atoms with Crippen molar-refractivity contribution in [3.05, 3.63) is 23.8 Å². The zero-order chi connectivity index (χ0) is 14.3. The number of anilines is 1. The summed E-state index contributed by atoms with van der Waals surface area (Å²) in [5.74, 6) is 2.26. The Labute approximate surface area is 120 Å². The molecule has 0 aliphatic heterocycles. The van der Waals surface area contributed by atoms with Gasteiger partial charge in [0.2, 0.25) is 10.0 Å². The van der Waals surface area contributed by atoms with Gasteiger partial charge in [-0.25, -0.2) is 13.1 Å². The third-order valence-corrected chi connectivity index (χ3v) is 5.17. The molecule has 0 saturated heterocycles. The van der Waals surface area contributed by atoms with Gasteiger partial charge in [0.25, 0.3) is 0 Å². The fourth-order valence-corrected chi connectivity index (χ4v) is 3.01. The lowest BCUT2D eigenvalue weighted by atomic mass is 10.2. The summed E-state index contributed by atoms with van der Waals surface area (Å²) in [5, 5.41) is 3.30. The monoisotopic (exact) mass is 302 g/mol. The average Bonchev–Trinajstić information content (AvgIpc) is 2.40. The van der Waals surface area contributed by atoms with Crippen molar-refractivity contribution in [2.45, 2.75) is 25.2 Å². The summed E-state index contributed by atoms with van der Waals surface area (Å²) < 4.78 is 25.8. The van der Waals surface area contributed by atoms with Crippen molar-refractivity contribution in [3.63, 3.8) is 0 Å². The predicted octanol–water partition coefficient (Wildman–Crippen LogP) is 2.46. The molecule has 0 radical (unpaired) electrons. The highest BCUT2D eigenvalue weighted by molar-refractivity contribution is 7.99. The van der Waals surface area contributed by atoms with E-state index in [2.05, 4.69) is 17.0 Å². The van der Waals surface area contributed by atoms with Crippen molar-refractivity contribution in [1.29, 1.82) is 0 Å². The number of aryl methyl sites for hydroxylation is 1. The maximum Gasteiger partial charge on any atom is 0.240 e. The van der Waals surface area contributed by atoms with E-state index < -0.39 is 10.0 Å². The van der Waals surface area contributed by atoms with Gasteiger partial charge in [0.15, 0.2) is 0 Å². The van der Waals surface area contributed by atoms with Crippen LogP contribution in [-0.2, 0) is 10.0 Å². The Hall–Kier alpha value is -0.720. The fraction of sp³-hybridized carbons (Fsp3) is 0.538. The van der Waals surface area contributed by atoms with Crippen molar-refractivity contribution in [1.82, 2.24) is 4.72 Å². The van der Waals surface area contributed by atoms with Gasteiger partial charge >= 0.3 is 0 Å². The lowest BCUT2D eigenvalue weighted by Crippen LogP contribution is -2.18. The Kier molecular flexibility index (Phi) is 6.68. The normalized spacial score (nSPS) is 11.5. The van der Waals surface area contributed by atoms with Gasteiger partial charge in [0.1, 0.15) is 0 Å². The smallest absolute Gasteiger partial charge is 0.240 e. The Morgan fingerprint density at radius 2 is 2.05 bits per heavy atom. The number of hydrogen-bond donors (Lipinski definition) is 2. The van der Waals surface area contributed by atoms with Gasteiger partial charge < -0.3 is 5.32 Å². The third-order valence-electron chi connectivity index (χ3n) is 2.77. The van der Waals surface area contributed by atoms with Crippen LogP contribution in [0, 0.1) is 6.92 Å². The molecule has 0 bridgehead atoms. The van der Waals surface area contributed by atoms with Crippen LogP contribution in [-0.4, -0.2) is 33.5 Å². The molecule has 2 N–H and O–H groups in total. The van der Waals surface area contributed by atoms with Crippen LogP contribution in [0.25, 0.3) is 0 Å². The van der Waals surface area contributed by atoms with Crippen LogP contribution >= 0.6 is 11.8 Å². The van der Waals surface area contributed by atoms with E-state index in [1.54, 1.807) is 12.1 Å². The fourth-order valence-electron chi connectivity index (χ4n) is 1.62. The number of hydrogen-bond acceptors (Lipinski definition) is 4. The van der Waals surface area contributed by atoms with Crippen LogP contribution in [0.5, 0.6) is 0 Å². The average molecular weight is 302 g/mol. The maximum absolute atomic E-state index is 11.7. The Morgan fingerprint density at radius 3 is 2.68 bits per heavy atom. The van der Waals surface area contributed by atoms with Crippen LogP contribution in [0.2, 0.25) is 0 Å². The molecule has 1 aromatic rings. The molecule has 0 aromatic heterocycles. The predicted molar refractivity (Wildman–Crippen MR) is 83.5 cm³/mol. The van der Waals surface area contributed by atoms with E-state index in [0.717, 1.165) is 35.7 Å². The molecular weight excluding hydrogens is 280 g/mol. The number of sulfonamides is 1. The molecule has 1 aromatic carbocycles. The highest BCUT2D eigenvalue weighted by atomic mass is 32.2. The first-order valence-corrected chi connectivity index (χ1v) is 9.01. The van der Waals surface area contributed by atoms with E-state index in [-0.39, 0.29) is 0 Å². The summed E-state index contributed by atoms with van der Waals surface area (Å²) >= 11 is 1.91. The molecule has 108 valence electrons. The highest BCUT2D eigenvalue weighted by Crippen LogP contribution is 2.20. The van der Waals surface area contributed by atoms with E-state index in [9.17, 15) is 8.42 Å². The molecule has 6 heteroatoms. The number of benzene rings is 1. The van der Waals surface area contributed by atoms with E-state index >= 15 is 0 Å². The maximum atomic E-state index is 11.7. The van der Waals surface area contributed by atoms with Crippen LogP contribution in [0.1, 0.15) is 18.9 Å². The van der Waals surface area contributed by atoms with Gasteiger partial charge in [-0.05, 0) is 49.6 Å². The SMILES string of the molecule is CCSCCCNc1cc(S(=O)(=O)NC)ccc1C. The minimum Gasteiger partial charge on any atom is -0.385 e. The largest absolute Gasteiger partial charge is 0.385 e. The molecule has 1 rings (SSSR count). The van der Waals surface area contributed by atoms with Gasteiger partial charge in [-0.15, -0.1) is 0 Å². The first-order chi connectivity index (χ1) is 9.01. The molecule has 0 saturated carbocycles. The summed E-state index contributed by atoms with van der Waals surface area (Å²) in [6, 6.07) is 5.14. The molecule has 0 spiro atoms. The van der Waals surface area contributed by atoms with E-state index in [1.165, 1.54) is 7.05 Å². The molecule has 0 heterocycles. The minimum atomic E-state index is -3.37. The second kappa shape index (κ2) is 7.77. The van der Waals surface area contributed by atoms with E-state index in [1.807, 2.05) is 24.8 Å². The topological polar surface area (TPSA) is 58.2 Å². The number of thioether (sulfide) groups is 1. The standard InChI is InChI=1S/C13H22N2O2S2/c1-4-18-9-5-8-15-13-10-12(7-6-11(13)2)19(16,17)14-3/h6-7,10,14-15H,4-5,8-9H2,1-3H3. The summed E-state index contributed by atoms with van der Waals surface area (Å²) in [6.45, 7) is 4.98. The number of nitrogens with one attached hydrogen (secondary N) is 2. The molecule has 0 aliphatic carbocycles. The lowest BCUT2D eigenvalue weighted by molar-refractivity contribution is 0.588. The van der Waals surface area contributed by atoms with Crippen molar-refractivity contribution in [2.75, 3.05) is 30.4 Å². The van der Waals surface area contributed by atoms with Gasteiger partial charge in [0.05, 0.1) is 4.90 Å². The molecular formula is C13H22N2O2S2. The second-order valence-corrected chi connectivity index (χ2v) is 7.44. The zero-order valence-electron chi connectivity index (χ0n) is 11.7. The minimum absolute atomic E-state index is 0.297. The van der Waals surface area contributed by atoms with Crippen LogP contribution in [0.4, 0.5) is 5.69 Å². The van der Waals surface area contributed by atoms with Gasteiger partial charge in [-0.2, -0.15) is 11.8 Å². The Balaban J connectivity index is 2.70. The second-order valence-electron chi connectivity index (χ2n) is 4.16. The first-order valence-electron chi connectivity index (χ1n) is 6.37. The highest BCUT2D eigenvalue weighted by Gasteiger charge is 2.12. The Bertz CT molecular complexity index is 501. The van der Waals surface area contributed by atoms with Gasteiger partial charge in [-0.3, -0.25) is 0 Å². The van der Waals surface area contributed by atoms with Crippen molar-refractivity contribution < 1.29 is 8.42 Å². The summed E-state index contributed by atoms with van der Waals surface area (Å²) in [5.41, 5.74) is 1.94. The summed E-state index contributed by atoms with van der Waals surface area (Å²) in [6.07, 6.45) is 1.07. The van der Waals surface area contributed by atoms with Crippen molar-refractivity contribution in [2.24, 2.45) is 0 Å². The van der Waals surface area contributed by atoms with Crippen LogP contribution < -0.4 is 10.0 Å². The van der Waals surface area contributed by atoms with Crippen LogP contribution in [0.15, 0.2) is 23.1 Å². The van der Waals surface area contributed by atoms with Crippen LogP contribution in [0.3, 0.4) is 0 Å². The van der Waals surface area contributed by atoms with Crippen molar-refractivity contribution >= 4 is 27.5 Å². The quantitative estimate of drug-likeness (QED) is 0.724. The van der Waals surface area contributed by atoms with E-state index in [0.29, 0.717) is 4.90 Å². The van der Waals surface area contributed by atoms with Crippen molar-refractivity contribution in [3.8, 4) is 0 Å². The Morgan fingerprint density at radius 1 is 1.32 bits per heavy atom. The molecule has 0 atom stereocenters. The molecule has 0 unspecified atom stereocenters. The number of rotatable bonds is 8. The molecule has 0 fully saturated rings. The molecule has 0 amide bonds. The van der Waals surface area contributed by atoms with Gasteiger partial charge in [0, 0.05) is 12.2 Å². The molecule has 0 aliphatic rings. The molecule has 4 nitrogen and oxygen atoms in total. The third kappa shape index (κ3) is 5.04. The summed E-state index contributed by atoms with van der Waals surface area (Å²) in [7, 11) is -1.95. The zero-order valence-corrected chi connectivity index (χ0v) is 13.3. The lowest BCUT2D eigenvalue weighted by Gasteiger charge is -2.11. The first kappa shape index (κ1) is 16.3. The van der Waals surface area contributed by atoms with Gasteiger partial charge in [-0.1, -0.05) is 13.0 Å². The molecule has 19 heavy (non-hydrogen) atoms. The summed E-state index contributed by atoms with van der Waals surface area (Å²) in [4.78, 5) is 0.297.